The summed E-state index contributed by atoms with van der Waals surface area (Å²) >= 11 is 0. The van der Waals surface area contributed by atoms with Crippen molar-refractivity contribution in [2.75, 3.05) is 0 Å². The number of Topliss-reactive ketones (excluding diaryl/α,β-unsaturated/α-hetero) is 1. The molecule has 0 aliphatic heterocycles. The summed E-state index contributed by atoms with van der Waals surface area (Å²) < 4.78 is 36.3. The molecular weight excluding hydrogens is 225 g/mol. The van der Waals surface area contributed by atoms with Gasteiger partial charge in [0.15, 0.2) is 0 Å². The number of ketones is 1. The Kier molecular flexibility index (Phi) is 3.60. The molecule has 1 aliphatic rings. The summed E-state index contributed by atoms with van der Waals surface area (Å²) in [6.45, 7) is 0. The molecule has 0 spiro atoms. The molecule has 1 aliphatic carbocycles. The Morgan fingerprint density at radius 2 is 1.62 bits per heavy atom. The highest BCUT2D eigenvalue weighted by molar-refractivity contribution is 5.89. The number of alkyl halides is 3. The van der Waals surface area contributed by atoms with E-state index in [9.17, 15) is 22.8 Å². The fraction of sp³-hybridized carbons (Fsp3) is 0.800. The van der Waals surface area contributed by atoms with E-state index in [2.05, 4.69) is 0 Å². The third-order valence-corrected chi connectivity index (χ3v) is 3.08. The number of rotatable bonds is 3. The van der Waals surface area contributed by atoms with E-state index in [1.54, 1.807) is 0 Å². The zero-order valence-electron chi connectivity index (χ0n) is 8.64. The molecule has 3 nitrogen and oxygen atoms in total. The standard InChI is InChI=1S/C10H13F3O3/c11-10(12,13)7(14)6-9(8(15)16)4-2-1-3-5-9/h1-6H2,(H,15,16). The van der Waals surface area contributed by atoms with Crippen molar-refractivity contribution in [3.63, 3.8) is 0 Å². The van der Waals surface area contributed by atoms with Gasteiger partial charge in [-0.05, 0) is 12.8 Å². The minimum atomic E-state index is -4.93. The SMILES string of the molecule is O=C(CC1(C(=O)O)CCCCC1)C(F)(F)F. The average molecular weight is 238 g/mol. The maximum Gasteiger partial charge on any atom is 0.450 e. The number of hydrogen-bond acceptors (Lipinski definition) is 2. The lowest BCUT2D eigenvalue weighted by Crippen LogP contribution is -2.39. The topological polar surface area (TPSA) is 54.4 Å². The van der Waals surface area contributed by atoms with Crippen LogP contribution in [0.5, 0.6) is 0 Å². The van der Waals surface area contributed by atoms with Gasteiger partial charge in [0.05, 0.1) is 5.41 Å². The molecule has 92 valence electrons. The average Bonchev–Trinajstić information content (AvgIpc) is 2.17. The fourth-order valence-corrected chi connectivity index (χ4v) is 2.10. The second kappa shape index (κ2) is 4.43. The maximum absolute atomic E-state index is 12.1. The normalized spacial score (nSPS) is 20.4. The number of carboxylic acid groups (broad SMARTS) is 1. The summed E-state index contributed by atoms with van der Waals surface area (Å²) in [5, 5.41) is 8.98. The van der Waals surface area contributed by atoms with E-state index in [0.717, 1.165) is 6.42 Å². The van der Waals surface area contributed by atoms with Gasteiger partial charge < -0.3 is 5.11 Å². The van der Waals surface area contributed by atoms with Gasteiger partial charge in [-0.1, -0.05) is 19.3 Å². The van der Waals surface area contributed by atoms with Gasteiger partial charge in [0, 0.05) is 6.42 Å². The van der Waals surface area contributed by atoms with Gasteiger partial charge in [-0.3, -0.25) is 9.59 Å². The molecule has 1 N–H and O–H groups in total. The predicted molar refractivity (Wildman–Crippen MR) is 48.8 cm³/mol. The molecule has 0 aromatic carbocycles. The molecule has 6 heteroatoms. The molecule has 0 radical (unpaired) electrons. The number of carbonyl (C=O) groups excluding carboxylic acids is 1. The van der Waals surface area contributed by atoms with Crippen LogP contribution < -0.4 is 0 Å². The Morgan fingerprint density at radius 3 is 2.00 bits per heavy atom. The highest BCUT2D eigenvalue weighted by Crippen LogP contribution is 2.41. The number of halogens is 3. The summed E-state index contributed by atoms with van der Waals surface area (Å²) in [6, 6.07) is 0. The number of hydrogen-bond donors (Lipinski definition) is 1. The van der Waals surface area contributed by atoms with Crippen LogP contribution in [-0.4, -0.2) is 23.0 Å². The number of aliphatic carboxylic acids is 1. The Labute approximate surface area is 90.6 Å². The van der Waals surface area contributed by atoms with E-state index >= 15 is 0 Å². The minimum absolute atomic E-state index is 0.157. The first-order chi connectivity index (χ1) is 7.28. The third kappa shape index (κ3) is 2.74. The maximum atomic E-state index is 12.1. The van der Waals surface area contributed by atoms with Crippen LogP contribution >= 0.6 is 0 Å². The van der Waals surface area contributed by atoms with Gasteiger partial charge in [0.2, 0.25) is 5.78 Å². The zero-order valence-corrected chi connectivity index (χ0v) is 8.64. The monoisotopic (exact) mass is 238 g/mol. The van der Waals surface area contributed by atoms with E-state index in [0.29, 0.717) is 12.8 Å². The first-order valence-electron chi connectivity index (χ1n) is 5.11. The minimum Gasteiger partial charge on any atom is -0.481 e. The van der Waals surface area contributed by atoms with Gasteiger partial charge in [-0.25, -0.2) is 0 Å². The molecule has 0 amide bonds. The van der Waals surface area contributed by atoms with Gasteiger partial charge >= 0.3 is 12.1 Å². The molecule has 0 saturated heterocycles. The van der Waals surface area contributed by atoms with Gasteiger partial charge in [-0.15, -0.1) is 0 Å². The van der Waals surface area contributed by atoms with E-state index in [1.165, 1.54) is 0 Å². The van der Waals surface area contributed by atoms with Crippen LogP contribution in [0.25, 0.3) is 0 Å². The van der Waals surface area contributed by atoms with E-state index in [4.69, 9.17) is 5.11 Å². The second-order valence-corrected chi connectivity index (χ2v) is 4.24. The highest BCUT2D eigenvalue weighted by atomic mass is 19.4. The lowest BCUT2D eigenvalue weighted by atomic mass is 9.71. The van der Waals surface area contributed by atoms with Crippen LogP contribution in [0, 0.1) is 5.41 Å². The first kappa shape index (κ1) is 13.0. The smallest absolute Gasteiger partial charge is 0.450 e. The van der Waals surface area contributed by atoms with Gasteiger partial charge in [0.1, 0.15) is 0 Å². The quantitative estimate of drug-likeness (QED) is 0.822. The van der Waals surface area contributed by atoms with Gasteiger partial charge in [0.25, 0.3) is 0 Å². The summed E-state index contributed by atoms with van der Waals surface area (Å²) in [5.74, 6) is -3.22. The van der Waals surface area contributed by atoms with E-state index < -0.39 is 29.8 Å². The second-order valence-electron chi connectivity index (χ2n) is 4.24. The molecule has 0 atom stereocenters. The van der Waals surface area contributed by atoms with Crippen molar-refractivity contribution in [3.05, 3.63) is 0 Å². The molecular formula is C10H13F3O3. The molecule has 1 fully saturated rings. The summed E-state index contributed by atoms with van der Waals surface area (Å²) in [5.41, 5.74) is -1.50. The fourth-order valence-electron chi connectivity index (χ4n) is 2.10. The summed E-state index contributed by atoms with van der Waals surface area (Å²) in [6.07, 6.45) is -3.59. The third-order valence-electron chi connectivity index (χ3n) is 3.08. The van der Waals surface area contributed by atoms with Crippen molar-refractivity contribution < 1.29 is 27.9 Å². The number of carbonyl (C=O) groups is 2. The molecule has 0 unspecified atom stereocenters. The molecule has 1 saturated carbocycles. The van der Waals surface area contributed by atoms with Crippen molar-refractivity contribution >= 4 is 11.8 Å². The van der Waals surface area contributed by atoms with Crippen molar-refractivity contribution in [2.45, 2.75) is 44.7 Å². The van der Waals surface area contributed by atoms with Crippen LogP contribution in [0.4, 0.5) is 13.2 Å². The zero-order chi connectivity index (χ0) is 12.4. The molecule has 1 rings (SSSR count). The lowest BCUT2D eigenvalue weighted by Gasteiger charge is -2.32. The summed E-state index contributed by atoms with van der Waals surface area (Å²) in [7, 11) is 0. The van der Waals surface area contributed by atoms with Crippen LogP contribution in [-0.2, 0) is 9.59 Å². The van der Waals surface area contributed by atoms with Crippen LogP contribution in [0.2, 0.25) is 0 Å². The predicted octanol–water partition coefficient (Wildman–Crippen LogP) is 2.54. The molecule has 0 aromatic rings. The van der Waals surface area contributed by atoms with Crippen LogP contribution in [0.1, 0.15) is 38.5 Å². The van der Waals surface area contributed by atoms with Crippen molar-refractivity contribution in [2.24, 2.45) is 5.41 Å². The Bertz CT molecular complexity index is 290. The Hall–Kier alpha value is -1.07. The van der Waals surface area contributed by atoms with E-state index in [1.807, 2.05) is 0 Å². The van der Waals surface area contributed by atoms with E-state index in [-0.39, 0.29) is 12.8 Å². The molecule has 16 heavy (non-hydrogen) atoms. The van der Waals surface area contributed by atoms with Crippen LogP contribution in [0.3, 0.4) is 0 Å². The van der Waals surface area contributed by atoms with Gasteiger partial charge in [-0.2, -0.15) is 13.2 Å². The molecule has 0 bridgehead atoms. The number of carboxylic acids is 1. The van der Waals surface area contributed by atoms with Crippen molar-refractivity contribution in [1.82, 2.24) is 0 Å². The lowest BCUT2D eigenvalue weighted by molar-refractivity contribution is -0.177. The van der Waals surface area contributed by atoms with Crippen LogP contribution in [0.15, 0.2) is 0 Å². The largest absolute Gasteiger partial charge is 0.481 e. The van der Waals surface area contributed by atoms with Crippen molar-refractivity contribution in [1.29, 1.82) is 0 Å². The first-order valence-corrected chi connectivity index (χ1v) is 5.11. The molecule has 0 aromatic heterocycles. The highest BCUT2D eigenvalue weighted by Gasteiger charge is 2.48. The molecule has 0 heterocycles. The van der Waals surface area contributed by atoms with Crippen molar-refractivity contribution in [3.8, 4) is 0 Å². The Morgan fingerprint density at radius 1 is 1.12 bits per heavy atom. The Balaban J connectivity index is 2.79. The summed E-state index contributed by atoms with van der Waals surface area (Å²) in [4.78, 5) is 21.9.